The number of halogens is 1. The van der Waals surface area contributed by atoms with Crippen LogP contribution in [-0.2, 0) is 4.84 Å². The number of ether oxygens (including phenoxy) is 1. The molecule has 0 bridgehead atoms. The van der Waals surface area contributed by atoms with Gasteiger partial charge in [-0.1, -0.05) is 5.16 Å². The van der Waals surface area contributed by atoms with Gasteiger partial charge in [-0.2, -0.15) is 9.37 Å². The van der Waals surface area contributed by atoms with Crippen molar-refractivity contribution in [3.63, 3.8) is 0 Å². The van der Waals surface area contributed by atoms with Crippen molar-refractivity contribution in [2.45, 2.75) is 0 Å². The monoisotopic (exact) mass is 352 g/mol. The topological polar surface area (TPSA) is 129 Å². The maximum absolute atomic E-state index is 13.5. The highest BCUT2D eigenvalue weighted by Gasteiger charge is 2.18. The summed E-state index contributed by atoms with van der Waals surface area (Å²) in [6, 6.07) is 1.40. The average molecular weight is 352 g/mol. The minimum Gasteiger partial charge on any atom is -0.479 e. The number of ketones is 1. The standard InChI is InChI=1S/C14H17FN6O4/c1-21(25-6-4-18-16)11(7-12(22)10-3-5-24-20-10)13-17-8-9(15)14(19-13)23-2/h3,5,7-8,18H,4,6,16H2,1-2H3/b11-7+. The number of rotatable bonds is 9. The van der Waals surface area contributed by atoms with Crippen molar-refractivity contribution in [2.75, 3.05) is 27.3 Å². The maximum Gasteiger partial charge on any atom is 0.253 e. The van der Waals surface area contributed by atoms with Crippen molar-refractivity contribution in [3.05, 3.63) is 41.9 Å². The number of nitrogens with one attached hydrogen (secondary N) is 1. The number of aromatic nitrogens is 3. The molecule has 0 aromatic carbocycles. The van der Waals surface area contributed by atoms with Crippen LogP contribution in [0.2, 0.25) is 0 Å². The zero-order chi connectivity index (χ0) is 18.2. The molecule has 0 saturated carbocycles. The second-order valence-corrected chi connectivity index (χ2v) is 4.61. The first kappa shape index (κ1) is 18.4. The summed E-state index contributed by atoms with van der Waals surface area (Å²) in [4.78, 5) is 25.5. The van der Waals surface area contributed by atoms with Crippen LogP contribution >= 0.6 is 0 Å². The molecule has 2 rings (SSSR count). The molecule has 10 nitrogen and oxygen atoms in total. The van der Waals surface area contributed by atoms with E-state index < -0.39 is 11.6 Å². The molecule has 0 atom stereocenters. The summed E-state index contributed by atoms with van der Waals surface area (Å²) in [5.74, 6) is 3.75. The highest BCUT2D eigenvalue weighted by Crippen LogP contribution is 2.20. The predicted octanol–water partition coefficient (Wildman–Crippen LogP) is 0.163. The Hall–Kier alpha value is -2.89. The molecule has 0 unspecified atom stereocenters. The lowest BCUT2D eigenvalue weighted by Gasteiger charge is -2.21. The van der Waals surface area contributed by atoms with Crippen LogP contribution in [0, 0.1) is 5.82 Å². The number of hydrogen-bond donors (Lipinski definition) is 2. The summed E-state index contributed by atoms with van der Waals surface area (Å²) in [7, 11) is 2.81. The van der Waals surface area contributed by atoms with Crippen LogP contribution < -0.4 is 16.0 Å². The van der Waals surface area contributed by atoms with Gasteiger partial charge < -0.3 is 9.26 Å². The first-order chi connectivity index (χ1) is 12.1. The van der Waals surface area contributed by atoms with Gasteiger partial charge in [0.1, 0.15) is 12.0 Å². The summed E-state index contributed by atoms with van der Waals surface area (Å²) in [6.45, 7) is 0.573. The molecule has 134 valence electrons. The fourth-order valence-electron chi connectivity index (χ4n) is 1.76. The van der Waals surface area contributed by atoms with Gasteiger partial charge in [-0.15, -0.1) is 0 Å². The normalized spacial score (nSPS) is 11.4. The number of carbonyl (C=O) groups excluding carboxylic acids is 1. The van der Waals surface area contributed by atoms with Gasteiger partial charge in [-0.25, -0.2) is 4.98 Å². The van der Waals surface area contributed by atoms with Crippen LogP contribution in [0.5, 0.6) is 5.88 Å². The lowest BCUT2D eigenvalue weighted by atomic mass is 10.2. The maximum atomic E-state index is 13.5. The molecule has 0 aliphatic heterocycles. The molecule has 0 aliphatic carbocycles. The van der Waals surface area contributed by atoms with Crippen molar-refractivity contribution in [2.24, 2.45) is 5.84 Å². The Labute approximate surface area is 142 Å². The Kier molecular flexibility index (Phi) is 6.51. The van der Waals surface area contributed by atoms with Gasteiger partial charge in [-0.05, 0) is 0 Å². The number of nitrogens with two attached hydrogens (primary N) is 1. The third-order valence-corrected chi connectivity index (χ3v) is 2.96. The summed E-state index contributed by atoms with van der Waals surface area (Å²) in [5, 5.41) is 4.83. The molecule has 0 fully saturated rings. The fraction of sp³-hybridized carbons (Fsp3) is 0.286. The Balaban J connectivity index is 2.36. The third-order valence-electron chi connectivity index (χ3n) is 2.96. The minimum absolute atomic E-state index is 0.0262. The zero-order valence-corrected chi connectivity index (χ0v) is 13.6. The molecule has 2 aromatic rings. The van der Waals surface area contributed by atoms with Gasteiger partial charge in [0.25, 0.3) is 5.88 Å². The van der Waals surface area contributed by atoms with E-state index in [1.54, 1.807) is 0 Å². The van der Waals surface area contributed by atoms with Gasteiger partial charge in [0.15, 0.2) is 11.5 Å². The van der Waals surface area contributed by atoms with Crippen LogP contribution in [0.3, 0.4) is 0 Å². The average Bonchev–Trinajstić information content (AvgIpc) is 3.15. The number of hydrazine groups is 1. The van der Waals surface area contributed by atoms with E-state index >= 15 is 0 Å². The molecule has 2 aromatic heterocycles. The predicted molar refractivity (Wildman–Crippen MR) is 83.3 cm³/mol. The van der Waals surface area contributed by atoms with Gasteiger partial charge >= 0.3 is 0 Å². The quantitative estimate of drug-likeness (QED) is 0.212. The molecule has 0 saturated heterocycles. The SMILES string of the molecule is COc1nc(/C(=C\C(=O)c2ccon2)N(C)OCCNN)ncc1F. The van der Waals surface area contributed by atoms with Gasteiger partial charge in [0.05, 0.1) is 19.9 Å². The van der Waals surface area contributed by atoms with Crippen molar-refractivity contribution >= 4 is 11.5 Å². The van der Waals surface area contributed by atoms with Crippen molar-refractivity contribution in [1.29, 1.82) is 0 Å². The lowest BCUT2D eigenvalue weighted by Crippen LogP contribution is -2.30. The molecule has 0 amide bonds. The molecule has 0 aliphatic rings. The second-order valence-electron chi connectivity index (χ2n) is 4.61. The van der Waals surface area contributed by atoms with Crippen LogP contribution in [0.15, 0.2) is 29.1 Å². The van der Waals surface area contributed by atoms with Crippen molar-refractivity contribution in [1.82, 2.24) is 25.6 Å². The first-order valence-electron chi connectivity index (χ1n) is 7.10. The molecule has 0 spiro atoms. The van der Waals surface area contributed by atoms with E-state index in [0.29, 0.717) is 6.54 Å². The van der Waals surface area contributed by atoms with E-state index in [2.05, 4.69) is 25.1 Å². The number of hydrogen-bond acceptors (Lipinski definition) is 10. The Morgan fingerprint density at radius 3 is 3.00 bits per heavy atom. The Morgan fingerprint density at radius 2 is 2.36 bits per heavy atom. The van der Waals surface area contributed by atoms with Crippen LogP contribution in [0.25, 0.3) is 5.70 Å². The fourth-order valence-corrected chi connectivity index (χ4v) is 1.76. The Bertz CT molecular complexity index is 737. The molecule has 3 N–H and O–H groups in total. The molecule has 25 heavy (non-hydrogen) atoms. The highest BCUT2D eigenvalue weighted by molar-refractivity contribution is 6.06. The number of nitrogens with zero attached hydrogens (tertiary/aromatic N) is 4. The zero-order valence-electron chi connectivity index (χ0n) is 13.6. The van der Waals surface area contributed by atoms with E-state index in [9.17, 15) is 9.18 Å². The Morgan fingerprint density at radius 1 is 1.56 bits per heavy atom. The number of methoxy groups -OCH3 is 1. The first-order valence-corrected chi connectivity index (χ1v) is 7.10. The van der Waals surface area contributed by atoms with Gasteiger partial charge in [0.2, 0.25) is 11.6 Å². The van der Waals surface area contributed by atoms with E-state index in [0.717, 1.165) is 6.20 Å². The molecule has 2 heterocycles. The number of carbonyl (C=O) groups is 1. The molecule has 11 heteroatoms. The highest BCUT2D eigenvalue weighted by atomic mass is 19.1. The second kappa shape index (κ2) is 8.82. The van der Waals surface area contributed by atoms with Crippen LogP contribution in [0.1, 0.15) is 16.3 Å². The van der Waals surface area contributed by atoms with E-state index in [4.69, 9.17) is 15.4 Å². The summed E-state index contributed by atoms with van der Waals surface area (Å²) >= 11 is 0. The summed E-state index contributed by atoms with van der Waals surface area (Å²) in [5.41, 5.74) is 2.69. The van der Waals surface area contributed by atoms with Gasteiger partial charge in [0, 0.05) is 25.7 Å². The lowest BCUT2D eigenvalue weighted by molar-refractivity contribution is -0.0878. The van der Waals surface area contributed by atoms with E-state index in [1.165, 1.54) is 37.6 Å². The summed E-state index contributed by atoms with van der Waals surface area (Å²) < 4.78 is 23.0. The largest absolute Gasteiger partial charge is 0.479 e. The third kappa shape index (κ3) is 4.79. The molecular weight excluding hydrogens is 335 g/mol. The summed E-state index contributed by atoms with van der Waals surface area (Å²) in [6.07, 6.45) is 3.40. The minimum atomic E-state index is -0.732. The van der Waals surface area contributed by atoms with Crippen molar-refractivity contribution in [3.8, 4) is 5.88 Å². The number of hydroxylamine groups is 2. The number of allylic oxidation sites excluding steroid dienone is 1. The van der Waals surface area contributed by atoms with Crippen LogP contribution in [0.4, 0.5) is 4.39 Å². The molecular formula is C14H17FN6O4. The van der Waals surface area contributed by atoms with Crippen molar-refractivity contribution < 1.29 is 23.3 Å². The van der Waals surface area contributed by atoms with Gasteiger partial charge in [-0.3, -0.25) is 26.0 Å². The smallest absolute Gasteiger partial charge is 0.253 e. The van der Waals surface area contributed by atoms with Crippen LogP contribution in [-0.4, -0.2) is 53.3 Å². The van der Waals surface area contributed by atoms with E-state index in [1.807, 2.05) is 0 Å². The van der Waals surface area contributed by atoms with E-state index in [-0.39, 0.29) is 29.7 Å². The molecule has 0 radical (unpaired) electrons.